The van der Waals surface area contributed by atoms with Gasteiger partial charge in [-0.3, -0.25) is 0 Å². The number of ether oxygens (including phenoxy) is 3. The molecule has 4 nitrogen and oxygen atoms in total. The molecule has 1 aliphatic rings. The second-order valence-electron chi connectivity index (χ2n) is 6.98. The molecule has 0 N–H and O–H groups in total. The quantitative estimate of drug-likeness (QED) is 0.322. The molecule has 7 heteroatoms. The summed E-state index contributed by atoms with van der Waals surface area (Å²) in [6.45, 7) is 9.11. The monoisotopic (exact) mass is 430 g/mol. The first-order chi connectivity index (χ1) is 14.8. The maximum atomic E-state index is 14.7. The highest BCUT2D eigenvalue weighted by Crippen LogP contribution is 2.39. The number of carbonyl (C=O) groups excluding carboxylic acids is 1. The summed E-state index contributed by atoms with van der Waals surface area (Å²) in [5, 5.41) is 0. The van der Waals surface area contributed by atoms with E-state index < -0.39 is 40.5 Å². The average molecular weight is 430 g/mol. The van der Waals surface area contributed by atoms with E-state index in [1.165, 1.54) is 7.11 Å². The van der Waals surface area contributed by atoms with Gasteiger partial charge >= 0.3 is 5.97 Å². The van der Waals surface area contributed by atoms with E-state index in [-0.39, 0.29) is 29.1 Å². The number of halogens is 3. The van der Waals surface area contributed by atoms with Crippen LogP contribution in [0.15, 0.2) is 66.4 Å². The predicted octanol–water partition coefficient (Wildman–Crippen LogP) is 5.97. The number of benzene rings is 2. The van der Waals surface area contributed by atoms with Crippen LogP contribution in [0.2, 0.25) is 0 Å². The van der Waals surface area contributed by atoms with Crippen molar-refractivity contribution in [3.05, 3.63) is 94.7 Å². The first-order valence-corrected chi connectivity index (χ1v) is 9.57. The lowest BCUT2D eigenvalue weighted by Crippen LogP contribution is -2.18. The first-order valence-electron chi connectivity index (χ1n) is 9.57. The molecule has 0 radical (unpaired) electrons. The minimum absolute atomic E-state index is 0.0712. The van der Waals surface area contributed by atoms with Gasteiger partial charge in [-0.2, -0.15) is 8.78 Å². The van der Waals surface area contributed by atoms with Gasteiger partial charge in [0.15, 0.2) is 23.1 Å². The number of carbonyl (C=O) groups is 1. The Kier molecular flexibility index (Phi) is 6.53. The van der Waals surface area contributed by atoms with Gasteiger partial charge in [0.1, 0.15) is 5.75 Å². The molecule has 31 heavy (non-hydrogen) atoms. The smallest absolute Gasteiger partial charge is 0.346 e. The Bertz CT molecular complexity index is 1080. The Hall–Kier alpha value is -3.48. The Balaban J connectivity index is 1.91. The minimum Gasteiger partial charge on any atom is -0.494 e. The molecule has 0 spiro atoms. The second-order valence-corrected chi connectivity index (χ2v) is 6.98. The molecule has 0 saturated carbocycles. The van der Waals surface area contributed by atoms with E-state index in [4.69, 9.17) is 14.2 Å². The van der Waals surface area contributed by atoms with Gasteiger partial charge in [-0.25, -0.2) is 9.18 Å². The summed E-state index contributed by atoms with van der Waals surface area (Å²) in [4.78, 5) is 12.5. The summed E-state index contributed by atoms with van der Waals surface area (Å²) in [6, 6.07) is 7.88. The van der Waals surface area contributed by atoms with Crippen LogP contribution in [-0.4, -0.2) is 13.1 Å². The zero-order chi connectivity index (χ0) is 22.7. The van der Waals surface area contributed by atoms with Gasteiger partial charge in [-0.1, -0.05) is 38.6 Å². The fourth-order valence-electron chi connectivity index (χ4n) is 3.13. The third-order valence-electron chi connectivity index (χ3n) is 4.75. The molecule has 0 aromatic heterocycles. The number of fused-ring (bicyclic) bond motifs is 1. The van der Waals surface area contributed by atoms with E-state index in [2.05, 4.69) is 13.2 Å². The van der Waals surface area contributed by atoms with Crippen molar-refractivity contribution in [3.8, 4) is 11.5 Å². The molecule has 0 atom stereocenters. The number of hydrogen-bond donors (Lipinski definition) is 0. The van der Waals surface area contributed by atoms with E-state index in [0.717, 1.165) is 24.5 Å². The normalized spacial score (nSPS) is 14.4. The SMILES string of the molecule is C=C(OC)/C(F)=C1/Oc2c(cc(C(=O)Oc3ccc(CCC)cc3)c(F)c2F)CC1=C. The molecule has 162 valence electrons. The molecule has 0 unspecified atom stereocenters. The Morgan fingerprint density at radius 3 is 2.48 bits per heavy atom. The molecular weight excluding hydrogens is 409 g/mol. The number of hydrogen-bond acceptors (Lipinski definition) is 4. The fraction of sp³-hybridized carbons (Fsp3) is 0.208. The zero-order valence-corrected chi connectivity index (χ0v) is 17.2. The molecule has 0 bridgehead atoms. The molecule has 3 rings (SSSR count). The molecule has 2 aromatic rings. The number of esters is 1. The minimum atomic E-state index is -1.45. The van der Waals surface area contributed by atoms with Gasteiger partial charge in [0.2, 0.25) is 11.6 Å². The van der Waals surface area contributed by atoms with Gasteiger partial charge in [-0.15, -0.1) is 0 Å². The van der Waals surface area contributed by atoms with E-state index in [9.17, 15) is 18.0 Å². The van der Waals surface area contributed by atoms with Gasteiger partial charge < -0.3 is 14.2 Å². The van der Waals surface area contributed by atoms with Crippen LogP contribution in [-0.2, 0) is 17.6 Å². The average Bonchev–Trinajstić information content (AvgIpc) is 2.76. The van der Waals surface area contributed by atoms with E-state index in [1.54, 1.807) is 24.3 Å². The van der Waals surface area contributed by atoms with Crippen molar-refractivity contribution in [1.82, 2.24) is 0 Å². The van der Waals surface area contributed by atoms with Crippen LogP contribution in [0.1, 0.15) is 34.8 Å². The van der Waals surface area contributed by atoms with Crippen LogP contribution in [0.4, 0.5) is 13.2 Å². The molecule has 1 heterocycles. The first kappa shape index (κ1) is 22.2. The predicted molar refractivity (Wildman–Crippen MR) is 110 cm³/mol. The Morgan fingerprint density at radius 1 is 1.19 bits per heavy atom. The van der Waals surface area contributed by atoms with E-state index in [0.29, 0.717) is 0 Å². The molecule has 0 aliphatic carbocycles. The largest absolute Gasteiger partial charge is 0.494 e. The molecule has 2 aromatic carbocycles. The highest BCUT2D eigenvalue weighted by Gasteiger charge is 2.31. The molecule has 1 aliphatic heterocycles. The van der Waals surface area contributed by atoms with Crippen molar-refractivity contribution in [2.75, 3.05) is 7.11 Å². The lowest BCUT2D eigenvalue weighted by molar-refractivity contribution is 0.0728. The molecule has 0 amide bonds. The molecule has 0 saturated heterocycles. The van der Waals surface area contributed by atoms with Gasteiger partial charge in [0, 0.05) is 12.0 Å². The Labute approximate surface area is 178 Å². The third-order valence-corrected chi connectivity index (χ3v) is 4.75. The van der Waals surface area contributed by atoms with Crippen LogP contribution in [0.5, 0.6) is 11.5 Å². The van der Waals surface area contributed by atoms with Crippen molar-refractivity contribution in [1.29, 1.82) is 0 Å². The summed E-state index contributed by atoms with van der Waals surface area (Å²) in [5.74, 6) is -5.99. The lowest BCUT2D eigenvalue weighted by atomic mass is 9.97. The van der Waals surface area contributed by atoms with E-state index in [1.807, 2.05) is 6.92 Å². The number of rotatable bonds is 6. The zero-order valence-electron chi connectivity index (χ0n) is 17.2. The maximum Gasteiger partial charge on any atom is 0.346 e. The van der Waals surface area contributed by atoms with Crippen molar-refractivity contribution in [2.45, 2.75) is 26.2 Å². The van der Waals surface area contributed by atoms with Crippen LogP contribution in [0.3, 0.4) is 0 Å². The van der Waals surface area contributed by atoms with Crippen molar-refractivity contribution in [3.63, 3.8) is 0 Å². The third kappa shape index (κ3) is 4.50. The fourth-order valence-corrected chi connectivity index (χ4v) is 3.13. The van der Waals surface area contributed by atoms with Crippen LogP contribution in [0, 0.1) is 11.6 Å². The number of allylic oxidation sites excluding steroid dienone is 2. The van der Waals surface area contributed by atoms with Gasteiger partial charge in [0.25, 0.3) is 0 Å². The van der Waals surface area contributed by atoms with Gasteiger partial charge in [-0.05, 0) is 35.8 Å². The second kappa shape index (κ2) is 9.12. The maximum absolute atomic E-state index is 14.7. The highest BCUT2D eigenvalue weighted by molar-refractivity contribution is 5.92. The molecule has 0 fully saturated rings. The lowest BCUT2D eigenvalue weighted by Gasteiger charge is -2.23. The van der Waals surface area contributed by atoms with Crippen molar-refractivity contribution < 1.29 is 32.2 Å². The summed E-state index contributed by atoms with van der Waals surface area (Å²) in [5.41, 5.74) is 0.754. The standard InChI is InChI=1S/C24H21F3O4/c1-5-6-15-7-9-17(10-8-15)30-24(28)18-12-16-11-13(2)22(19(25)14(3)29-4)31-23(16)21(27)20(18)26/h7-10,12H,2-3,5-6,11H2,1,4H3/b22-19-. The summed E-state index contributed by atoms with van der Waals surface area (Å²) in [6.07, 6.45) is 1.77. The summed E-state index contributed by atoms with van der Waals surface area (Å²) in [7, 11) is 1.21. The van der Waals surface area contributed by atoms with Crippen molar-refractivity contribution in [2.24, 2.45) is 0 Å². The van der Waals surface area contributed by atoms with E-state index >= 15 is 0 Å². The van der Waals surface area contributed by atoms with Crippen LogP contribution in [0.25, 0.3) is 0 Å². The number of aryl methyl sites for hydroxylation is 1. The highest BCUT2D eigenvalue weighted by atomic mass is 19.2. The Morgan fingerprint density at radius 2 is 1.87 bits per heavy atom. The number of methoxy groups -OCH3 is 1. The van der Waals surface area contributed by atoms with Crippen LogP contribution < -0.4 is 9.47 Å². The molecular formula is C24H21F3O4. The topological polar surface area (TPSA) is 44.8 Å². The van der Waals surface area contributed by atoms with Crippen LogP contribution >= 0.6 is 0 Å². The van der Waals surface area contributed by atoms with Crippen molar-refractivity contribution >= 4 is 5.97 Å². The summed E-state index contributed by atoms with van der Waals surface area (Å²) < 4.78 is 58.8. The summed E-state index contributed by atoms with van der Waals surface area (Å²) >= 11 is 0. The van der Waals surface area contributed by atoms with Gasteiger partial charge in [0.05, 0.1) is 12.7 Å².